The number of aromatic nitrogens is 1. The topological polar surface area (TPSA) is 273 Å². The molecule has 12 atom stereocenters. The van der Waals surface area contributed by atoms with Crippen molar-refractivity contribution in [2.75, 3.05) is 26.4 Å². The lowest BCUT2D eigenvalue weighted by molar-refractivity contribution is -0.354. The van der Waals surface area contributed by atoms with E-state index in [-0.39, 0.29) is 24.1 Å². The molecule has 58 heavy (non-hydrogen) atoms. The number of ether oxygens (including phenoxy) is 9. The third-order valence-corrected chi connectivity index (χ3v) is 11.2. The average molecular weight is 822 g/mol. The van der Waals surface area contributed by atoms with Gasteiger partial charge in [-0.3, -0.25) is 38.5 Å². The van der Waals surface area contributed by atoms with Crippen LogP contribution >= 0.6 is 0 Å². The molecule has 20 heteroatoms. The molecular formula is C38H47NO19. The van der Waals surface area contributed by atoms with E-state index >= 15 is 0 Å². The predicted molar refractivity (Wildman–Crippen MR) is 186 cm³/mol. The number of hydrogen-bond donors (Lipinski definition) is 2. The maximum absolute atomic E-state index is 14.2. The first-order valence-electron chi connectivity index (χ1n) is 18.5. The molecule has 1 spiro atoms. The second kappa shape index (κ2) is 16.9. The Kier molecular flexibility index (Phi) is 12.8. The highest BCUT2D eigenvalue weighted by Gasteiger charge is 2.88. The van der Waals surface area contributed by atoms with Gasteiger partial charge in [0, 0.05) is 47.7 Å². The number of hydrogen-bond acceptors (Lipinski definition) is 20. The van der Waals surface area contributed by atoms with Crippen molar-refractivity contribution < 1.29 is 91.2 Å². The van der Waals surface area contributed by atoms with Crippen molar-refractivity contribution in [3.05, 3.63) is 29.6 Å². The number of carbonyl (C=O) groups excluding carboxylic acids is 8. The molecule has 1 aromatic rings. The van der Waals surface area contributed by atoms with Gasteiger partial charge in [-0.05, 0) is 31.9 Å². The number of pyridine rings is 1. The molecule has 3 heterocycles. The van der Waals surface area contributed by atoms with E-state index < -0.39 is 145 Å². The zero-order chi connectivity index (χ0) is 42.9. The average Bonchev–Trinajstić information content (AvgIpc) is 3.33. The SMILES string of the molecule is CC(=O)OCC12C(OC(C)=O)C(OC(C)=O)C3OC(=O)C(CO)CCc4ncccc4C(=O)OCC4(C)OC1(C3CO)C(OC(C)=O)C4C(OC(C)=O)C2OC(C)=O. The molecule has 1 aromatic heterocycles. The lowest BCUT2D eigenvalue weighted by Gasteiger charge is -2.65. The van der Waals surface area contributed by atoms with Crippen molar-refractivity contribution in [3.8, 4) is 0 Å². The van der Waals surface area contributed by atoms with Gasteiger partial charge in [0.1, 0.15) is 42.0 Å². The fourth-order valence-electron chi connectivity index (χ4n) is 9.27. The Morgan fingerprint density at radius 2 is 1.36 bits per heavy atom. The van der Waals surface area contributed by atoms with Gasteiger partial charge >= 0.3 is 47.8 Å². The Bertz CT molecular complexity index is 1830. The van der Waals surface area contributed by atoms with Gasteiger partial charge in [-0.15, -0.1) is 0 Å². The van der Waals surface area contributed by atoms with Crippen LogP contribution in [0.4, 0.5) is 0 Å². The van der Waals surface area contributed by atoms with Crippen LogP contribution in [-0.2, 0) is 82.6 Å². The van der Waals surface area contributed by atoms with Gasteiger partial charge in [0.15, 0.2) is 24.4 Å². The molecule has 0 radical (unpaired) electrons. The van der Waals surface area contributed by atoms with E-state index in [2.05, 4.69) is 4.98 Å². The number of cyclic esters (lactones) is 1. The van der Waals surface area contributed by atoms with Gasteiger partial charge in [0.2, 0.25) is 0 Å². The van der Waals surface area contributed by atoms with Gasteiger partial charge in [-0.1, -0.05) is 0 Å². The van der Waals surface area contributed by atoms with Crippen LogP contribution in [0.3, 0.4) is 0 Å². The standard InChI is InChI=1S/C38H47NO19/c1-17(42)50-16-37-32(55-21(5)46)29(52-18(2)43)27-31(54-20(4)45)38(37)25(14-41)28(30(53-19(3)44)33(37)56-22(6)47)57-34(48)23(13-40)10-11-26-24(9-8-12-39-26)35(49)51-15-36(27,7)58-38/h8-9,12,23,25,27-33,40-41H,10-11,13-16H2,1-7H3. The molecule has 3 fully saturated rings. The van der Waals surface area contributed by atoms with Crippen LogP contribution in [0, 0.1) is 23.2 Å². The van der Waals surface area contributed by atoms with E-state index in [0.29, 0.717) is 0 Å². The van der Waals surface area contributed by atoms with E-state index in [4.69, 9.17) is 42.6 Å². The zero-order valence-electron chi connectivity index (χ0n) is 33.0. The van der Waals surface area contributed by atoms with Crippen LogP contribution in [0.1, 0.15) is 70.9 Å². The first-order chi connectivity index (χ1) is 27.3. The molecule has 5 rings (SSSR count). The van der Waals surface area contributed by atoms with Crippen LogP contribution in [0.5, 0.6) is 0 Å². The minimum absolute atomic E-state index is 0.0305. The fraction of sp³-hybridized carbons (Fsp3) is 0.658. The van der Waals surface area contributed by atoms with Crippen LogP contribution in [0.2, 0.25) is 0 Å². The van der Waals surface area contributed by atoms with Crippen LogP contribution < -0.4 is 0 Å². The Morgan fingerprint density at radius 3 is 1.91 bits per heavy atom. The summed E-state index contributed by atoms with van der Waals surface area (Å²) in [5.74, 6) is -12.8. The zero-order valence-corrected chi connectivity index (χ0v) is 33.0. The second-order valence-electron chi connectivity index (χ2n) is 15.0. The molecule has 20 nitrogen and oxygen atoms in total. The number of rotatable bonds is 9. The van der Waals surface area contributed by atoms with Crippen LogP contribution in [0.15, 0.2) is 18.3 Å². The van der Waals surface area contributed by atoms with Gasteiger partial charge < -0.3 is 52.8 Å². The summed E-state index contributed by atoms with van der Waals surface area (Å²) in [4.78, 5) is 111. The highest BCUT2D eigenvalue weighted by molar-refractivity contribution is 5.90. The molecule has 4 aliphatic rings. The third-order valence-electron chi connectivity index (χ3n) is 11.2. The molecule has 12 unspecified atom stereocenters. The minimum Gasteiger partial charge on any atom is -0.465 e. The van der Waals surface area contributed by atoms with E-state index in [9.17, 15) is 48.6 Å². The normalized spacial score (nSPS) is 35.4. The Balaban J connectivity index is 1.98. The molecule has 4 bridgehead atoms. The Labute approximate surface area is 332 Å². The number of nitrogens with zero attached hydrogens (tertiary/aromatic N) is 1. The molecule has 1 saturated heterocycles. The van der Waals surface area contributed by atoms with Crippen LogP contribution in [0.25, 0.3) is 0 Å². The van der Waals surface area contributed by atoms with Crippen LogP contribution in [-0.4, -0.2) is 137 Å². The summed E-state index contributed by atoms with van der Waals surface area (Å²) in [6, 6.07) is 2.88. The summed E-state index contributed by atoms with van der Waals surface area (Å²) in [7, 11) is 0. The van der Waals surface area contributed by atoms with Gasteiger partial charge in [0.25, 0.3) is 0 Å². The summed E-state index contributed by atoms with van der Waals surface area (Å²) in [6.07, 6.45) is -10.3. The Hall–Kier alpha value is -5.21. The maximum Gasteiger partial charge on any atom is 0.340 e. The first kappa shape index (κ1) is 43.9. The van der Waals surface area contributed by atoms with Gasteiger partial charge in [0.05, 0.1) is 42.2 Å². The predicted octanol–water partition coefficient (Wildman–Crippen LogP) is -0.307. The largest absolute Gasteiger partial charge is 0.465 e. The summed E-state index contributed by atoms with van der Waals surface area (Å²) >= 11 is 0. The Morgan fingerprint density at radius 1 is 0.793 bits per heavy atom. The lowest BCUT2D eigenvalue weighted by atomic mass is 9.46. The molecule has 318 valence electrons. The smallest absolute Gasteiger partial charge is 0.340 e. The summed E-state index contributed by atoms with van der Waals surface area (Å²) in [5, 5.41) is 22.0. The second-order valence-corrected chi connectivity index (χ2v) is 15.0. The molecule has 2 N–H and O–H groups in total. The minimum atomic E-state index is -2.53. The molecule has 2 saturated carbocycles. The molecule has 2 aliphatic carbocycles. The van der Waals surface area contributed by atoms with Crippen molar-refractivity contribution in [2.24, 2.45) is 23.2 Å². The van der Waals surface area contributed by atoms with E-state index in [1.807, 2.05) is 0 Å². The van der Waals surface area contributed by atoms with Crippen molar-refractivity contribution in [3.63, 3.8) is 0 Å². The lowest BCUT2D eigenvalue weighted by Crippen LogP contribution is -2.84. The highest BCUT2D eigenvalue weighted by Crippen LogP contribution is 2.69. The van der Waals surface area contributed by atoms with Gasteiger partial charge in [-0.2, -0.15) is 0 Å². The van der Waals surface area contributed by atoms with E-state index in [1.54, 1.807) is 0 Å². The molecule has 0 aromatic carbocycles. The van der Waals surface area contributed by atoms with Gasteiger partial charge in [-0.25, -0.2) is 4.79 Å². The highest BCUT2D eigenvalue weighted by atomic mass is 16.7. The molecular weight excluding hydrogens is 774 g/mol. The summed E-state index contributed by atoms with van der Waals surface area (Å²) in [6.45, 7) is 3.70. The van der Waals surface area contributed by atoms with E-state index in [1.165, 1.54) is 25.3 Å². The van der Waals surface area contributed by atoms with Crippen molar-refractivity contribution in [2.45, 2.75) is 109 Å². The summed E-state index contributed by atoms with van der Waals surface area (Å²) in [5.41, 5.74) is -6.90. The number of carbonyl (C=O) groups is 8. The van der Waals surface area contributed by atoms with Crippen molar-refractivity contribution >= 4 is 47.8 Å². The number of esters is 8. The number of aliphatic hydroxyl groups is 2. The molecule has 0 amide bonds. The fourth-order valence-corrected chi connectivity index (χ4v) is 9.27. The molecule has 2 aliphatic heterocycles. The third kappa shape index (κ3) is 7.71. The number of aryl methyl sites for hydroxylation is 1. The number of fused-ring (bicyclic) bond motifs is 5. The van der Waals surface area contributed by atoms with E-state index in [0.717, 1.165) is 41.5 Å². The monoisotopic (exact) mass is 821 g/mol. The quantitative estimate of drug-likeness (QED) is 0.239. The summed E-state index contributed by atoms with van der Waals surface area (Å²) < 4.78 is 54.4. The maximum atomic E-state index is 14.2. The van der Waals surface area contributed by atoms with Crippen molar-refractivity contribution in [1.82, 2.24) is 4.98 Å². The van der Waals surface area contributed by atoms with Crippen molar-refractivity contribution in [1.29, 1.82) is 0 Å². The number of aliphatic hydroxyl groups excluding tert-OH is 2. The first-order valence-corrected chi connectivity index (χ1v) is 18.5.